The zero-order chi connectivity index (χ0) is 30.8. The standard InChI is InChI=1S/C28H25N.5CO.Cr/c1-2-3-22-29-27(24-17-9-5-10-18-24)26(28(29)25-19-11-6-12-20-25)21-13-16-23-14-7-4-8-15-23;5*1-2;/h4-12,14-15,17-20,27H,2-3,22H2,1H3;;;;;;. The van der Waals surface area contributed by atoms with Crippen molar-refractivity contribution in [3.63, 3.8) is 0 Å². The van der Waals surface area contributed by atoms with Crippen LogP contribution in [0.25, 0.3) is 5.70 Å². The Morgan fingerprint density at radius 2 is 1.18 bits per heavy atom. The van der Waals surface area contributed by atoms with Gasteiger partial charge in [-0.3, -0.25) is 0 Å². The summed E-state index contributed by atoms with van der Waals surface area (Å²) < 4.78 is 38.5. The molecule has 0 radical (unpaired) electrons. The molecule has 198 valence electrons. The number of hydrogen-bond acceptors (Lipinski definition) is 1. The van der Waals surface area contributed by atoms with Crippen LogP contribution in [0.3, 0.4) is 0 Å². The minimum atomic E-state index is 0.231. The molecule has 0 aromatic heterocycles. The molecule has 0 saturated carbocycles. The average molecular weight is 568 g/mol. The monoisotopic (exact) mass is 567 g/mol. The first-order valence-electron chi connectivity index (χ1n) is 11.5. The fourth-order valence-corrected chi connectivity index (χ4v) is 4.33. The molecule has 3 aromatic rings. The zero-order valence-electron chi connectivity index (χ0n) is 21.8. The van der Waals surface area contributed by atoms with Crippen LogP contribution in [-0.2, 0) is 39.1 Å². The third-order valence-electron chi connectivity index (χ3n) is 5.38. The van der Waals surface area contributed by atoms with Crippen LogP contribution < -0.4 is 0 Å². The molecule has 1 aliphatic rings. The number of benzene rings is 3. The van der Waals surface area contributed by atoms with Gasteiger partial charge in [0.1, 0.15) is 0 Å². The van der Waals surface area contributed by atoms with Crippen LogP contribution in [0.5, 0.6) is 0 Å². The molecule has 1 unspecified atom stereocenters. The van der Waals surface area contributed by atoms with Gasteiger partial charge in [-0.15, -0.1) is 0 Å². The predicted octanol–water partition coefficient (Wildman–Crippen LogP) is 5.84. The SMILES string of the molecule is CCCCN1C(c2ccccc2)=C([C](=[Cr])C#Cc2ccccc2)C1c1ccccc1.[C-]#[O+].[C-]#[O+].[C-]#[O+].[C-]#[O+].[C-]#[O+]. The van der Waals surface area contributed by atoms with E-state index in [9.17, 15) is 0 Å². The second-order valence-corrected chi connectivity index (χ2v) is 8.07. The first kappa shape index (κ1) is 38.0. The Balaban J connectivity index is 0. The molecule has 4 rings (SSSR count). The van der Waals surface area contributed by atoms with Crippen molar-refractivity contribution in [3.05, 3.63) is 147 Å². The van der Waals surface area contributed by atoms with Gasteiger partial charge in [0.2, 0.25) is 0 Å². The van der Waals surface area contributed by atoms with E-state index in [0.29, 0.717) is 0 Å². The van der Waals surface area contributed by atoms with Crippen LogP contribution >= 0.6 is 0 Å². The first-order chi connectivity index (χ1) is 19.8. The molecule has 0 aliphatic carbocycles. The number of nitrogens with zero attached hydrogens (tertiary/aromatic N) is 1. The summed E-state index contributed by atoms with van der Waals surface area (Å²) in [4.78, 5) is 2.55. The maximum absolute atomic E-state index is 7.50. The van der Waals surface area contributed by atoms with Crippen molar-refractivity contribution in [2.45, 2.75) is 25.8 Å². The van der Waals surface area contributed by atoms with Gasteiger partial charge in [-0.2, -0.15) is 0 Å². The summed E-state index contributed by atoms with van der Waals surface area (Å²) in [6.07, 6.45) is 2.35. The summed E-state index contributed by atoms with van der Waals surface area (Å²) in [6, 6.07) is 31.9. The molecule has 7 heteroatoms. The Hall–Kier alpha value is -4.14. The van der Waals surface area contributed by atoms with E-state index in [2.05, 4.69) is 146 Å². The third kappa shape index (κ3) is 11.3. The van der Waals surface area contributed by atoms with Gasteiger partial charge in [-0.05, 0) is 0 Å². The van der Waals surface area contributed by atoms with Crippen molar-refractivity contribution in [1.29, 1.82) is 0 Å². The van der Waals surface area contributed by atoms with Gasteiger partial charge in [-0.25, -0.2) is 0 Å². The van der Waals surface area contributed by atoms with Crippen LogP contribution in [0.2, 0.25) is 0 Å². The van der Waals surface area contributed by atoms with Crippen LogP contribution in [0.4, 0.5) is 0 Å². The molecular weight excluding hydrogens is 542 g/mol. The summed E-state index contributed by atoms with van der Waals surface area (Å²) in [7, 11) is 0. The Morgan fingerprint density at radius 3 is 1.65 bits per heavy atom. The van der Waals surface area contributed by atoms with Gasteiger partial charge in [0.05, 0.1) is 0 Å². The molecule has 0 spiro atoms. The fraction of sp³-hybridized carbons (Fsp3) is 0.152. The second kappa shape index (κ2) is 25.2. The summed E-state index contributed by atoms with van der Waals surface area (Å²) in [6.45, 7) is 25.8. The topological polar surface area (TPSA) is 103 Å². The van der Waals surface area contributed by atoms with Gasteiger partial charge >= 0.3 is 245 Å². The van der Waals surface area contributed by atoms with E-state index in [1.807, 2.05) is 18.2 Å². The van der Waals surface area contributed by atoms with Crippen LogP contribution in [0.15, 0.2) is 96.6 Å². The molecular formula is C33H25CrNO5. The summed E-state index contributed by atoms with van der Waals surface area (Å²) in [5.74, 6) is 6.73. The van der Waals surface area contributed by atoms with E-state index in [1.54, 1.807) is 0 Å². The van der Waals surface area contributed by atoms with E-state index in [-0.39, 0.29) is 6.04 Å². The van der Waals surface area contributed by atoms with Crippen molar-refractivity contribution in [1.82, 2.24) is 4.90 Å². The molecule has 0 fully saturated rings. The van der Waals surface area contributed by atoms with E-state index in [4.69, 9.17) is 23.3 Å². The molecule has 3 aromatic carbocycles. The molecule has 0 amide bonds. The normalized spacial score (nSPS) is 11.7. The Morgan fingerprint density at radius 1 is 0.725 bits per heavy atom. The molecule has 1 aliphatic heterocycles. The Labute approximate surface area is 244 Å². The number of unbranched alkanes of at least 4 members (excludes halogenated alkanes) is 1. The third-order valence-corrected chi connectivity index (χ3v) is 5.88. The first-order valence-corrected chi connectivity index (χ1v) is 12.2. The molecule has 40 heavy (non-hydrogen) atoms. The van der Waals surface area contributed by atoms with E-state index in [1.165, 1.54) is 35.2 Å². The molecule has 6 nitrogen and oxygen atoms in total. The van der Waals surface area contributed by atoms with Crippen LogP contribution in [0, 0.1) is 45.1 Å². The van der Waals surface area contributed by atoms with E-state index < -0.39 is 0 Å². The minimum absolute atomic E-state index is 0.231. The van der Waals surface area contributed by atoms with Crippen molar-refractivity contribution < 1.29 is 39.1 Å². The number of rotatable bonds is 6. The quantitative estimate of drug-likeness (QED) is 0.209. The molecule has 1 heterocycles. The zero-order valence-corrected chi connectivity index (χ0v) is 23.0. The van der Waals surface area contributed by atoms with Crippen molar-refractivity contribution in [2.75, 3.05) is 6.54 Å². The molecule has 0 bridgehead atoms. The second-order valence-electron chi connectivity index (χ2n) is 7.43. The fourth-order valence-electron chi connectivity index (χ4n) is 3.92. The Kier molecular flexibility index (Phi) is 23.9. The summed E-state index contributed by atoms with van der Waals surface area (Å²) in [5.41, 5.74) is 6.20. The number of hydrogen-bond donors (Lipinski definition) is 0. The summed E-state index contributed by atoms with van der Waals surface area (Å²) >= 11 is 3.28. The Bertz CT molecular complexity index is 1290. The summed E-state index contributed by atoms with van der Waals surface area (Å²) in [5, 5.41) is 0. The molecule has 1 atom stereocenters. The van der Waals surface area contributed by atoms with Gasteiger partial charge in [0.25, 0.3) is 0 Å². The van der Waals surface area contributed by atoms with Crippen molar-refractivity contribution in [3.8, 4) is 11.8 Å². The predicted molar refractivity (Wildman–Crippen MR) is 142 cm³/mol. The van der Waals surface area contributed by atoms with Gasteiger partial charge in [0, 0.05) is 0 Å². The van der Waals surface area contributed by atoms with Crippen molar-refractivity contribution in [2.24, 2.45) is 0 Å². The van der Waals surface area contributed by atoms with E-state index >= 15 is 0 Å². The van der Waals surface area contributed by atoms with Gasteiger partial charge in [-0.1, -0.05) is 0 Å². The maximum atomic E-state index is 7.50. The van der Waals surface area contributed by atoms with Gasteiger partial charge < -0.3 is 0 Å². The van der Waals surface area contributed by atoms with Gasteiger partial charge in [0.15, 0.2) is 0 Å². The van der Waals surface area contributed by atoms with E-state index in [0.717, 1.165) is 16.5 Å². The van der Waals surface area contributed by atoms with Crippen LogP contribution in [-0.4, -0.2) is 15.8 Å². The van der Waals surface area contributed by atoms with Crippen LogP contribution in [0.1, 0.15) is 42.5 Å². The average Bonchev–Trinajstić information content (AvgIpc) is 3.06. The molecule has 0 saturated heterocycles. The molecule has 0 N–H and O–H groups in total. The van der Waals surface area contributed by atoms with Crippen molar-refractivity contribution >= 4 is 10.1 Å².